The molecule has 0 saturated carbocycles. The Morgan fingerprint density at radius 1 is 1.29 bits per heavy atom. The van der Waals surface area contributed by atoms with E-state index in [4.69, 9.17) is 0 Å². The molecule has 0 spiro atoms. The van der Waals surface area contributed by atoms with Gasteiger partial charge in [0.05, 0.1) is 6.42 Å². The molecule has 3 N–H and O–H groups in total. The van der Waals surface area contributed by atoms with Crippen LogP contribution in [0.25, 0.3) is 0 Å². The Balaban J connectivity index is 1.86. The molecule has 1 heterocycles. The van der Waals surface area contributed by atoms with E-state index >= 15 is 0 Å². The Morgan fingerprint density at radius 2 is 1.95 bits per heavy atom. The Hall–Kier alpha value is -1.88. The fraction of sp³-hybridized carbons (Fsp3) is 0.500. The molecule has 1 unspecified atom stereocenters. The number of amides is 2. The standard InChI is InChI=1S/C16H23N3O2/c1-3-18-15(20)8-12-4-6-14(7-5-12)19-16(21)11(2)13-9-17-10-13/h4-7,11,13,17H,3,8-10H2,1-2H3,(H,18,20)(H,19,21). The van der Waals surface area contributed by atoms with Gasteiger partial charge in [0.25, 0.3) is 0 Å². The summed E-state index contributed by atoms with van der Waals surface area (Å²) in [6.45, 7) is 6.33. The van der Waals surface area contributed by atoms with Crippen molar-refractivity contribution in [3.63, 3.8) is 0 Å². The Bertz CT molecular complexity index is 495. The first-order chi connectivity index (χ1) is 10.1. The summed E-state index contributed by atoms with van der Waals surface area (Å²) in [5, 5.41) is 8.87. The van der Waals surface area contributed by atoms with Crippen LogP contribution in [-0.2, 0) is 16.0 Å². The summed E-state index contributed by atoms with van der Waals surface area (Å²) in [6, 6.07) is 7.44. The molecular weight excluding hydrogens is 266 g/mol. The number of carbonyl (C=O) groups excluding carboxylic acids is 2. The Kier molecular flexibility index (Phi) is 5.33. The largest absolute Gasteiger partial charge is 0.356 e. The van der Waals surface area contributed by atoms with E-state index in [0.29, 0.717) is 18.9 Å². The van der Waals surface area contributed by atoms with Gasteiger partial charge in [-0.15, -0.1) is 0 Å². The molecule has 1 aromatic carbocycles. The first-order valence-electron chi connectivity index (χ1n) is 7.47. The van der Waals surface area contributed by atoms with Crippen LogP contribution in [0.1, 0.15) is 19.4 Å². The maximum atomic E-state index is 12.1. The molecule has 1 saturated heterocycles. The third-order valence-electron chi connectivity index (χ3n) is 3.89. The van der Waals surface area contributed by atoms with Crippen molar-refractivity contribution in [2.45, 2.75) is 20.3 Å². The quantitative estimate of drug-likeness (QED) is 0.736. The molecule has 0 radical (unpaired) electrons. The van der Waals surface area contributed by atoms with E-state index in [0.717, 1.165) is 24.3 Å². The van der Waals surface area contributed by atoms with E-state index in [-0.39, 0.29) is 17.7 Å². The molecule has 0 aliphatic carbocycles. The summed E-state index contributed by atoms with van der Waals surface area (Å²) >= 11 is 0. The summed E-state index contributed by atoms with van der Waals surface area (Å²) in [5.74, 6) is 0.515. The number of anilines is 1. The molecule has 0 aromatic heterocycles. The lowest BCUT2D eigenvalue weighted by atomic mass is 9.88. The van der Waals surface area contributed by atoms with Gasteiger partial charge in [-0.25, -0.2) is 0 Å². The lowest BCUT2D eigenvalue weighted by Crippen LogP contribution is -2.48. The van der Waals surface area contributed by atoms with Crippen LogP contribution in [0.4, 0.5) is 5.69 Å². The van der Waals surface area contributed by atoms with Crippen LogP contribution in [-0.4, -0.2) is 31.4 Å². The molecule has 1 atom stereocenters. The van der Waals surface area contributed by atoms with E-state index in [9.17, 15) is 9.59 Å². The third-order valence-corrected chi connectivity index (χ3v) is 3.89. The molecule has 21 heavy (non-hydrogen) atoms. The second-order valence-electron chi connectivity index (χ2n) is 5.52. The maximum absolute atomic E-state index is 12.1. The summed E-state index contributed by atoms with van der Waals surface area (Å²) in [6.07, 6.45) is 0.367. The smallest absolute Gasteiger partial charge is 0.227 e. The van der Waals surface area contributed by atoms with Crippen LogP contribution in [0.15, 0.2) is 24.3 Å². The summed E-state index contributed by atoms with van der Waals surface area (Å²) in [7, 11) is 0. The minimum Gasteiger partial charge on any atom is -0.356 e. The SMILES string of the molecule is CCNC(=O)Cc1ccc(NC(=O)C(C)C2CNC2)cc1. The van der Waals surface area contributed by atoms with Crippen molar-refractivity contribution in [1.82, 2.24) is 10.6 Å². The van der Waals surface area contributed by atoms with Crippen molar-refractivity contribution in [1.29, 1.82) is 0 Å². The normalized spacial score (nSPS) is 15.9. The topological polar surface area (TPSA) is 70.2 Å². The highest BCUT2D eigenvalue weighted by molar-refractivity contribution is 5.92. The van der Waals surface area contributed by atoms with Gasteiger partial charge in [0.2, 0.25) is 11.8 Å². The van der Waals surface area contributed by atoms with Gasteiger partial charge in [0.1, 0.15) is 0 Å². The molecule has 5 heteroatoms. The number of hydrogen-bond donors (Lipinski definition) is 3. The number of hydrogen-bond acceptors (Lipinski definition) is 3. The lowest BCUT2D eigenvalue weighted by molar-refractivity contribution is -0.121. The first kappa shape index (κ1) is 15.5. The van der Waals surface area contributed by atoms with E-state index in [1.165, 1.54) is 0 Å². The number of likely N-dealkylation sites (N-methyl/N-ethyl adjacent to an activating group) is 1. The van der Waals surface area contributed by atoms with Crippen LogP contribution in [0.2, 0.25) is 0 Å². The zero-order chi connectivity index (χ0) is 15.2. The van der Waals surface area contributed by atoms with Crippen LogP contribution >= 0.6 is 0 Å². The third kappa shape index (κ3) is 4.29. The molecule has 1 fully saturated rings. The minimum absolute atomic E-state index is 0.0143. The number of carbonyl (C=O) groups is 2. The maximum Gasteiger partial charge on any atom is 0.227 e. The first-order valence-corrected chi connectivity index (χ1v) is 7.47. The molecule has 0 bridgehead atoms. The van der Waals surface area contributed by atoms with Gasteiger partial charge in [0, 0.05) is 18.2 Å². The van der Waals surface area contributed by atoms with Gasteiger partial charge in [-0.2, -0.15) is 0 Å². The second-order valence-corrected chi connectivity index (χ2v) is 5.52. The molecule has 5 nitrogen and oxygen atoms in total. The van der Waals surface area contributed by atoms with Gasteiger partial charge in [-0.3, -0.25) is 9.59 Å². The highest BCUT2D eigenvalue weighted by atomic mass is 16.2. The Morgan fingerprint density at radius 3 is 2.48 bits per heavy atom. The predicted octanol–water partition coefficient (Wildman–Crippen LogP) is 1.16. The molecule has 2 rings (SSSR count). The fourth-order valence-electron chi connectivity index (χ4n) is 2.29. The second kappa shape index (κ2) is 7.22. The summed E-state index contributed by atoms with van der Waals surface area (Å²) in [4.78, 5) is 23.6. The molecule has 1 aromatic rings. The number of rotatable bonds is 6. The van der Waals surface area contributed by atoms with Crippen molar-refractivity contribution < 1.29 is 9.59 Å². The lowest BCUT2D eigenvalue weighted by Gasteiger charge is -2.31. The van der Waals surface area contributed by atoms with E-state index < -0.39 is 0 Å². The predicted molar refractivity (Wildman–Crippen MR) is 83.0 cm³/mol. The van der Waals surface area contributed by atoms with Crippen LogP contribution in [0, 0.1) is 11.8 Å². The van der Waals surface area contributed by atoms with Gasteiger partial charge in [-0.05, 0) is 43.6 Å². The highest BCUT2D eigenvalue weighted by Gasteiger charge is 2.28. The molecule has 114 valence electrons. The summed E-state index contributed by atoms with van der Waals surface area (Å²) in [5.41, 5.74) is 1.72. The molecule has 1 aliphatic heterocycles. The zero-order valence-corrected chi connectivity index (χ0v) is 12.6. The van der Waals surface area contributed by atoms with E-state index in [1.54, 1.807) is 0 Å². The number of benzene rings is 1. The zero-order valence-electron chi connectivity index (χ0n) is 12.6. The van der Waals surface area contributed by atoms with Crippen molar-refractivity contribution >= 4 is 17.5 Å². The molecular formula is C16H23N3O2. The molecule has 2 amide bonds. The van der Waals surface area contributed by atoms with Gasteiger partial charge >= 0.3 is 0 Å². The van der Waals surface area contributed by atoms with Gasteiger partial charge in [0.15, 0.2) is 0 Å². The minimum atomic E-state index is 0.0143. The van der Waals surface area contributed by atoms with Crippen molar-refractivity contribution in [3.8, 4) is 0 Å². The summed E-state index contributed by atoms with van der Waals surface area (Å²) < 4.78 is 0. The van der Waals surface area contributed by atoms with Gasteiger partial charge in [-0.1, -0.05) is 19.1 Å². The monoisotopic (exact) mass is 289 g/mol. The van der Waals surface area contributed by atoms with Crippen molar-refractivity contribution in [3.05, 3.63) is 29.8 Å². The number of nitrogens with one attached hydrogen (secondary N) is 3. The average molecular weight is 289 g/mol. The van der Waals surface area contributed by atoms with Crippen LogP contribution in [0.5, 0.6) is 0 Å². The highest BCUT2D eigenvalue weighted by Crippen LogP contribution is 2.18. The van der Waals surface area contributed by atoms with Crippen LogP contribution < -0.4 is 16.0 Å². The average Bonchev–Trinajstić information content (AvgIpc) is 2.39. The van der Waals surface area contributed by atoms with E-state index in [1.807, 2.05) is 38.1 Å². The van der Waals surface area contributed by atoms with Crippen molar-refractivity contribution in [2.24, 2.45) is 11.8 Å². The van der Waals surface area contributed by atoms with Crippen LogP contribution in [0.3, 0.4) is 0 Å². The van der Waals surface area contributed by atoms with Gasteiger partial charge < -0.3 is 16.0 Å². The fourth-order valence-corrected chi connectivity index (χ4v) is 2.29. The Labute approximate surface area is 125 Å². The molecule has 1 aliphatic rings. The van der Waals surface area contributed by atoms with Crippen molar-refractivity contribution in [2.75, 3.05) is 25.0 Å². The van der Waals surface area contributed by atoms with E-state index in [2.05, 4.69) is 16.0 Å².